The largest absolute Gasteiger partial charge is 0.369 e. The molecule has 1 heterocycles. The van der Waals surface area contributed by atoms with Gasteiger partial charge in [-0.05, 0) is 50.1 Å². The van der Waals surface area contributed by atoms with Crippen LogP contribution in [0, 0.1) is 13.8 Å². The third kappa shape index (κ3) is 4.83. The lowest BCUT2D eigenvalue weighted by atomic mass is 10.1. The van der Waals surface area contributed by atoms with Gasteiger partial charge in [0.15, 0.2) is 0 Å². The van der Waals surface area contributed by atoms with Crippen LogP contribution in [-0.2, 0) is 13.1 Å². The highest BCUT2D eigenvalue weighted by Crippen LogP contribution is 2.20. The Bertz CT molecular complexity index is 557. The first kappa shape index (κ1) is 16.0. The van der Waals surface area contributed by atoms with Crippen molar-refractivity contribution in [3.8, 4) is 0 Å². The van der Waals surface area contributed by atoms with Crippen molar-refractivity contribution in [2.24, 2.45) is 0 Å². The molecule has 0 unspecified atom stereocenters. The van der Waals surface area contributed by atoms with Gasteiger partial charge in [0.2, 0.25) is 0 Å². The van der Waals surface area contributed by atoms with Crippen LogP contribution in [0.15, 0.2) is 23.6 Å². The molecule has 0 amide bonds. The van der Waals surface area contributed by atoms with Gasteiger partial charge in [-0.25, -0.2) is 4.98 Å². The number of nitrogens with one attached hydrogen (secondary N) is 1. The van der Waals surface area contributed by atoms with Crippen LogP contribution in [-0.4, -0.2) is 18.6 Å². The minimum absolute atomic E-state index is 0.854. The van der Waals surface area contributed by atoms with Crippen molar-refractivity contribution in [2.75, 3.05) is 18.5 Å². The number of hydrogen-bond acceptors (Lipinski definition) is 4. The van der Waals surface area contributed by atoms with E-state index in [1.165, 1.54) is 21.8 Å². The van der Waals surface area contributed by atoms with Crippen molar-refractivity contribution in [3.05, 3.63) is 45.4 Å². The van der Waals surface area contributed by atoms with Gasteiger partial charge in [-0.3, -0.25) is 0 Å². The molecular weight excluding hydrogens is 278 g/mol. The monoisotopic (exact) mass is 303 g/mol. The normalized spacial score (nSPS) is 10.9. The quantitative estimate of drug-likeness (QED) is 0.786. The summed E-state index contributed by atoms with van der Waals surface area (Å²) in [4.78, 5) is 6.97. The number of aromatic nitrogens is 1. The number of benzene rings is 1. The fourth-order valence-corrected chi connectivity index (χ4v) is 3.13. The number of anilines is 1. The molecule has 1 aromatic carbocycles. The predicted octanol–water partition coefficient (Wildman–Crippen LogP) is 3.90. The van der Waals surface area contributed by atoms with E-state index in [4.69, 9.17) is 4.98 Å². The van der Waals surface area contributed by atoms with Crippen LogP contribution in [0.25, 0.3) is 0 Å². The summed E-state index contributed by atoms with van der Waals surface area (Å²) in [5.74, 6) is 0. The molecule has 0 fully saturated rings. The molecule has 4 heteroatoms. The molecule has 0 atom stereocenters. The average Bonchev–Trinajstić information content (AvgIpc) is 2.85. The van der Waals surface area contributed by atoms with Gasteiger partial charge in [0.1, 0.15) is 5.01 Å². The van der Waals surface area contributed by atoms with Gasteiger partial charge in [-0.2, -0.15) is 0 Å². The maximum atomic E-state index is 4.71. The third-order valence-corrected chi connectivity index (χ3v) is 4.25. The number of thiazole rings is 1. The molecule has 0 saturated carbocycles. The van der Waals surface area contributed by atoms with Gasteiger partial charge in [-0.1, -0.05) is 13.0 Å². The van der Waals surface area contributed by atoms with Crippen LogP contribution in [0.5, 0.6) is 0 Å². The molecule has 0 radical (unpaired) electrons. The first-order valence-corrected chi connectivity index (χ1v) is 8.40. The Kier molecular flexibility index (Phi) is 5.76. The van der Waals surface area contributed by atoms with Crippen LogP contribution in [0.3, 0.4) is 0 Å². The standard InChI is InChI=1S/C17H25N3S/c1-5-6-18-10-17-19-15(12-21-17)11-20(4)16-8-13(2)7-14(3)9-16/h7-9,12,18H,5-6,10-11H2,1-4H3. The molecule has 0 aliphatic rings. The highest BCUT2D eigenvalue weighted by atomic mass is 32.1. The van der Waals surface area contributed by atoms with Gasteiger partial charge in [0, 0.05) is 24.7 Å². The minimum Gasteiger partial charge on any atom is -0.369 e. The second-order valence-electron chi connectivity index (χ2n) is 5.61. The van der Waals surface area contributed by atoms with Gasteiger partial charge in [0.25, 0.3) is 0 Å². The minimum atomic E-state index is 0.854. The second-order valence-corrected chi connectivity index (χ2v) is 6.55. The van der Waals surface area contributed by atoms with E-state index < -0.39 is 0 Å². The lowest BCUT2D eigenvalue weighted by molar-refractivity contribution is 0.670. The molecule has 0 aliphatic heterocycles. The van der Waals surface area contributed by atoms with E-state index in [-0.39, 0.29) is 0 Å². The molecule has 21 heavy (non-hydrogen) atoms. The van der Waals surface area contributed by atoms with Gasteiger partial charge >= 0.3 is 0 Å². The van der Waals surface area contributed by atoms with E-state index in [0.29, 0.717) is 0 Å². The Balaban J connectivity index is 1.97. The molecule has 2 rings (SSSR count). The van der Waals surface area contributed by atoms with Crippen molar-refractivity contribution in [1.82, 2.24) is 10.3 Å². The summed E-state index contributed by atoms with van der Waals surface area (Å²) >= 11 is 1.74. The summed E-state index contributed by atoms with van der Waals surface area (Å²) in [5.41, 5.74) is 5.01. The first-order chi connectivity index (χ1) is 10.1. The first-order valence-electron chi connectivity index (χ1n) is 7.52. The zero-order valence-corrected chi connectivity index (χ0v) is 14.3. The maximum absolute atomic E-state index is 4.71. The number of aryl methyl sites for hydroxylation is 2. The van der Waals surface area contributed by atoms with Crippen LogP contribution in [0.4, 0.5) is 5.69 Å². The Morgan fingerprint density at radius 2 is 1.90 bits per heavy atom. The fraction of sp³-hybridized carbons (Fsp3) is 0.471. The summed E-state index contributed by atoms with van der Waals surface area (Å²) < 4.78 is 0. The van der Waals surface area contributed by atoms with Crippen LogP contribution in [0.1, 0.15) is 35.2 Å². The molecule has 114 valence electrons. The van der Waals surface area contributed by atoms with Crippen molar-refractivity contribution < 1.29 is 0 Å². The van der Waals surface area contributed by atoms with E-state index in [9.17, 15) is 0 Å². The summed E-state index contributed by atoms with van der Waals surface area (Å²) in [7, 11) is 2.13. The zero-order valence-electron chi connectivity index (χ0n) is 13.4. The molecule has 0 aliphatic carbocycles. The molecule has 3 nitrogen and oxygen atoms in total. The van der Waals surface area contributed by atoms with Crippen molar-refractivity contribution in [2.45, 2.75) is 40.3 Å². The lowest BCUT2D eigenvalue weighted by Gasteiger charge is -2.19. The van der Waals surface area contributed by atoms with Crippen LogP contribution in [0.2, 0.25) is 0 Å². The van der Waals surface area contributed by atoms with Crippen LogP contribution >= 0.6 is 11.3 Å². The van der Waals surface area contributed by atoms with Gasteiger partial charge < -0.3 is 10.2 Å². The van der Waals surface area contributed by atoms with E-state index in [0.717, 1.165) is 31.7 Å². The highest BCUT2D eigenvalue weighted by Gasteiger charge is 2.07. The van der Waals surface area contributed by atoms with E-state index in [1.807, 2.05) is 0 Å². The molecule has 0 spiro atoms. The molecule has 2 aromatic rings. The van der Waals surface area contributed by atoms with Crippen molar-refractivity contribution in [1.29, 1.82) is 0 Å². The summed E-state index contributed by atoms with van der Waals surface area (Å²) in [6.07, 6.45) is 1.16. The van der Waals surface area contributed by atoms with Crippen LogP contribution < -0.4 is 10.2 Å². The topological polar surface area (TPSA) is 28.2 Å². The highest BCUT2D eigenvalue weighted by molar-refractivity contribution is 7.09. The zero-order chi connectivity index (χ0) is 15.2. The van der Waals surface area contributed by atoms with E-state index >= 15 is 0 Å². The number of nitrogens with zero attached hydrogens (tertiary/aromatic N) is 2. The second kappa shape index (κ2) is 7.57. The predicted molar refractivity (Wildman–Crippen MR) is 92.1 cm³/mol. The summed E-state index contributed by atoms with van der Waals surface area (Å²) in [5, 5.41) is 6.74. The van der Waals surface area contributed by atoms with Crippen molar-refractivity contribution >= 4 is 17.0 Å². The Labute approximate surface area is 132 Å². The smallest absolute Gasteiger partial charge is 0.107 e. The van der Waals surface area contributed by atoms with E-state index in [1.54, 1.807) is 11.3 Å². The number of rotatable bonds is 7. The Hall–Kier alpha value is -1.39. The Morgan fingerprint density at radius 3 is 2.57 bits per heavy atom. The van der Waals surface area contributed by atoms with E-state index in [2.05, 4.69) is 61.6 Å². The lowest BCUT2D eigenvalue weighted by Crippen LogP contribution is -2.17. The molecule has 1 aromatic heterocycles. The van der Waals surface area contributed by atoms with Gasteiger partial charge in [0.05, 0.1) is 12.2 Å². The average molecular weight is 303 g/mol. The molecule has 1 N–H and O–H groups in total. The molecule has 0 saturated heterocycles. The summed E-state index contributed by atoms with van der Waals surface area (Å²) in [6.45, 7) is 9.25. The maximum Gasteiger partial charge on any atom is 0.107 e. The summed E-state index contributed by atoms with van der Waals surface area (Å²) in [6, 6.07) is 6.66. The van der Waals surface area contributed by atoms with Gasteiger partial charge in [-0.15, -0.1) is 11.3 Å². The Morgan fingerprint density at radius 1 is 1.19 bits per heavy atom. The molecule has 0 bridgehead atoms. The third-order valence-electron chi connectivity index (χ3n) is 3.35. The fourth-order valence-electron chi connectivity index (χ4n) is 2.38. The molecular formula is C17H25N3S. The van der Waals surface area contributed by atoms with Crippen molar-refractivity contribution in [3.63, 3.8) is 0 Å². The number of hydrogen-bond donors (Lipinski definition) is 1. The SMILES string of the molecule is CCCNCc1nc(CN(C)c2cc(C)cc(C)c2)cs1.